The summed E-state index contributed by atoms with van der Waals surface area (Å²) in [7, 11) is 1.45. The average Bonchev–Trinajstić information content (AvgIpc) is 3.63. The number of H-pyrrole nitrogens is 1. The number of aromatic amines is 1. The molecule has 2 aromatic heterocycles. The van der Waals surface area contributed by atoms with Crippen molar-refractivity contribution in [3.05, 3.63) is 88.3 Å². The fourth-order valence-electron chi connectivity index (χ4n) is 4.88. The zero-order chi connectivity index (χ0) is 28.1. The van der Waals surface area contributed by atoms with Crippen molar-refractivity contribution in [2.75, 3.05) is 18.6 Å². The number of rotatable bonds is 7. The lowest BCUT2D eigenvalue weighted by molar-refractivity contribution is -0.117. The number of carbonyl (C=O) groups is 2. The topological polar surface area (TPSA) is 138 Å². The maximum absolute atomic E-state index is 14.0. The van der Waals surface area contributed by atoms with Crippen molar-refractivity contribution in [3.8, 4) is 17.2 Å². The molecule has 202 valence electrons. The van der Waals surface area contributed by atoms with Gasteiger partial charge in [0.2, 0.25) is 11.7 Å². The normalized spacial score (nSPS) is 15.4. The number of phenolic OH excluding ortho intramolecular Hbond substituents is 1. The van der Waals surface area contributed by atoms with Gasteiger partial charge in [0.25, 0.3) is 5.91 Å². The number of imidazole rings is 1. The summed E-state index contributed by atoms with van der Waals surface area (Å²) in [5.74, 6) is -1.98. The molecule has 1 atom stereocenters. The highest BCUT2D eigenvalue weighted by molar-refractivity contribution is 6.31. The Labute approximate surface area is 232 Å². The first-order chi connectivity index (χ1) is 19.3. The summed E-state index contributed by atoms with van der Waals surface area (Å²) >= 11 is 6.19. The molecule has 1 amide bonds. The molecular formula is C29H22ClN3O7. The van der Waals surface area contributed by atoms with Crippen LogP contribution in [0.25, 0.3) is 22.0 Å². The van der Waals surface area contributed by atoms with Crippen molar-refractivity contribution in [3.63, 3.8) is 0 Å². The number of furan rings is 1. The Morgan fingerprint density at radius 1 is 1.12 bits per heavy atom. The highest BCUT2D eigenvalue weighted by Crippen LogP contribution is 2.44. The third kappa shape index (κ3) is 4.00. The minimum Gasteiger partial charge on any atom is -0.504 e. The lowest BCUT2D eigenvalue weighted by Gasteiger charge is -2.25. The number of methoxy groups -OCH3 is 1. The van der Waals surface area contributed by atoms with Crippen LogP contribution < -0.4 is 14.4 Å². The number of carbonyl (C=O) groups excluding carboxylic acids is 2. The second-order valence-electron chi connectivity index (χ2n) is 9.04. The first-order valence-electron chi connectivity index (χ1n) is 12.3. The minimum atomic E-state index is -1.14. The Kier molecular flexibility index (Phi) is 6.11. The van der Waals surface area contributed by atoms with Crippen molar-refractivity contribution in [1.82, 2.24) is 9.97 Å². The third-order valence-electron chi connectivity index (χ3n) is 6.65. The number of amides is 1. The SMILES string of the molecule is CCOc1cc(C2C(C(=O)c3cc4cc(Cl)cc(OC)c4o3)=C(O)C(=O)N2c2nc3ccccc3[nH]2)ccc1O. The second-order valence-corrected chi connectivity index (χ2v) is 9.48. The molecule has 1 aliphatic rings. The maximum atomic E-state index is 14.0. The fourth-order valence-corrected chi connectivity index (χ4v) is 5.10. The zero-order valence-corrected chi connectivity index (χ0v) is 22.0. The number of ether oxygens (including phenoxy) is 2. The van der Waals surface area contributed by atoms with E-state index in [0.29, 0.717) is 32.8 Å². The van der Waals surface area contributed by atoms with Gasteiger partial charge in [0.05, 0.1) is 36.4 Å². The number of aromatic nitrogens is 2. The minimum absolute atomic E-state index is 0.118. The van der Waals surface area contributed by atoms with E-state index in [0.717, 1.165) is 0 Å². The molecule has 10 nitrogen and oxygen atoms in total. The second kappa shape index (κ2) is 9.65. The van der Waals surface area contributed by atoms with Crippen molar-refractivity contribution in [2.45, 2.75) is 13.0 Å². The summed E-state index contributed by atoms with van der Waals surface area (Å²) in [6, 6.07) is 15.1. The van der Waals surface area contributed by atoms with E-state index in [1.54, 1.807) is 43.3 Å². The molecule has 40 heavy (non-hydrogen) atoms. The molecule has 1 unspecified atom stereocenters. The van der Waals surface area contributed by atoms with E-state index in [2.05, 4.69) is 9.97 Å². The zero-order valence-electron chi connectivity index (χ0n) is 21.3. The molecule has 0 spiro atoms. The van der Waals surface area contributed by atoms with Gasteiger partial charge in [-0.15, -0.1) is 0 Å². The molecule has 3 aromatic carbocycles. The Bertz CT molecular complexity index is 1820. The Balaban J connectivity index is 1.53. The molecule has 5 aromatic rings. The van der Waals surface area contributed by atoms with E-state index in [9.17, 15) is 19.8 Å². The van der Waals surface area contributed by atoms with Crippen LogP contribution in [-0.4, -0.2) is 45.6 Å². The van der Waals surface area contributed by atoms with Crippen molar-refractivity contribution in [2.24, 2.45) is 0 Å². The molecule has 11 heteroatoms. The summed E-state index contributed by atoms with van der Waals surface area (Å²) in [6.07, 6.45) is 0. The maximum Gasteiger partial charge on any atom is 0.296 e. The highest BCUT2D eigenvalue weighted by Gasteiger charge is 2.47. The Hall–Kier alpha value is -4.96. The molecule has 0 saturated carbocycles. The first-order valence-corrected chi connectivity index (χ1v) is 12.7. The largest absolute Gasteiger partial charge is 0.504 e. The van der Waals surface area contributed by atoms with Crippen LogP contribution in [0.1, 0.15) is 29.1 Å². The molecule has 0 radical (unpaired) electrons. The molecular weight excluding hydrogens is 538 g/mol. The van der Waals surface area contributed by atoms with Gasteiger partial charge in [0, 0.05) is 16.5 Å². The molecule has 0 saturated heterocycles. The van der Waals surface area contributed by atoms with Gasteiger partial charge in [-0.1, -0.05) is 29.8 Å². The molecule has 3 heterocycles. The van der Waals surface area contributed by atoms with Gasteiger partial charge in [-0.3, -0.25) is 14.5 Å². The van der Waals surface area contributed by atoms with Crippen molar-refractivity contribution in [1.29, 1.82) is 0 Å². The van der Waals surface area contributed by atoms with E-state index < -0.39 is 23.5 Å². The van der Waals surface area contributed by atoms with Gasteiger partial charge >= 0.3 is 0 Å². The molecule has 0 bridgehead atoms. The predicted molar refractivity (Wildman–Crippen MR) is 147 cm³/mol. The molecule has 3 N–H and O–H groups in total. The van der Waals surface area contributed by atoms with Crippen LogP contribution in [0.4, 0.5) is 5.95 Å². The summed E-state index contributed by atoms with van der Waals surface area (Å²) in [5, 5.41) is 22.3. The number of hydrogen-bond donors (Lipinski definition) is 3. The summed E-state index contributed by atoms with van der Waals surface area (Å²) in [5.41, 5.74) is 1.69. The van der Waals surface area contributed by atoms with Gasteiger partial charge in [0.1, 0.15) is 0 Å². The standard InChI is InChI=1S/C29H22ClN3O7/c1-3-39-20-11-14(8-9-19(20)34)24-23(25(35)21-12-15-10-16(30)13-22(38-2)27(15)40-21)26(36)28(37)33(24)29-31-17-6-4-5-7-18(17)32-29/h4-13,24,34,36H,3H2,1-2H3,(H,31,32). The Morgan fingerprint density at radius 2 is 1.93 bits per heavy atom. The van der Waals surface area contributed by atoms with E-state index in [1.807, 2.05) is 6.07 Å². The number of ketones is 1. The molecule has 0 fully saturated rings. The number of hydrogen-bond acceptors (Lipinski definition) is 8. The van der Waals surface area contributed by atoms with Gasteiger partial charge in [-0.05, 0) is 48.9 Å². The number of nitrogens with zero attached hydrogens (tertiary/aromatic N) is 2. The van der Waals surface area contributed by atoms with E-state index in [1.165, 1.54) is 30.2 Å². The predicted octanol–water partition coefficient (Wildman–Crippen LogP) is 5.86. The number of nitrogens with one attached hydrogen (secondary N) is 1. The first kappa shape index (κ1) is 25.3. The fraction of sp³-hybridized carbons (Fsp3) is 0.138. The number of halogens is 1. The van der Waals surface area contributed by atoms with Crippen molar-refractivity contribution >= 4 is 51.2 Å². The number of aliphatic hydroxyl groups is 1. The number of para-hydroxylation sites is 2. The Morgan fingerprint density at radius 3 is 2.67 bits per heavy atom. The van der Waals surface area contributed by atoms with Crippen LogP contribution in [0, 0.1) is 0 Å². The smallest absolute Gasteiger partial charge is 0.296 e. The van der Waals surface area contributed by atoms with Gasteiger partial charge in [0.15, 0.2) is 34.4 Å². The van der Waals surface area contributed by atoms with Crippen LogP contribution in [0.3, 0.4) is 0 Å². The number of fused-ring (bicyclic) bond motifs is 2. The number of benzene rings is 3. The molecule has 6 rings (SSSR count). The lowest BCUT2D eigenvalue weighted by Crippen LogP contribution is -2.32. The third-order valence-corrected chi connectivity index (χ3v) is 6.87. The van der Waals surface area contributed by atoms with Gasteiger partial charge in [-0.2, -0.15) is 0 Å². The van der Waals surface area contributed by atoms with E-state index in [-0.39, 0.29) is 41.0 Å². The summed E-state index contributed by atoms with van der Waals surface area (Å²) in [6.45, 7) is 2.03. The van der Waals surface area contributed by atoms with Crippen LogP contribution in [0.15, 0.2) is 76.4 Å². The average molecular weight is 560 g/mol. The van der Waals surface area contributed by atoms with Gasteiger partial charge in [-0.25, -0.2) is 4.98 Å². The van der Waals surface area contributed by atoms with E-state index in [4.69, 9.17) is 25.5 Å². The monoisotopic (exact) mass is 559 g/mol. The highest BCUT2D eigenvalue weighted by atomic mass is 35.5. The number of phenols is 1. The van der Waals surface area contributed by atoms with Gasteiger partial charge < -0.3 is 29.1 Å². The molecule has 1 aliphatic heterocycles. The summed E-state index contributed by atoms with van der Waals surface area (Å²) < 4.78 is 16.8. The number of aromatic hydroxyl groups is 1. The quantitative estimate of drug-likeness (QED) is 0.211. The van der Waals surface area contributed by atoms with Crippen LogP contribution in [-0.2, 0) is 4.79 Å². The lowest BCUT2D eigenvalue weighted by atomic mass is 9.94. The molecule has 0 aliphatic carbocycles. The number of anilines is 1. The van der Waals surface area contributed by atoms with E-state index >= 15 is 0 Å². The number of aliphatic hydroxyl groups excluding tert-OH is 1. The summed E-state index contributed by atoms with van der Waals surface area (Å²) in [4.78, 5) is 36.4. The van der Waals surface area contributed by atoms with Crippen LogP contribution in [0.5, 0.6) is 17.2 Å². The van der Waals surface area contributed by atoms with Crippen LogP contribution in [0.2, 0.25) is 5.02 Å². The van der Waals surface area contributed by atoms with Crippen LogP contribution >= 0.6 is 11.6 Å². The number of Topliss-reactive ketones (excluding diaryl/α,β-unsaturated/α-hetero) is 1. The van der Waals surface area contributed by atoms with Crippen molar-refractivity contribution < 1.29 is 33.7 Å².